The van der Waals surface area contributed by atoms with Gasteiger partial charge in [-0.05, 0) is 61.3 Å². The van der Waals surface area contributed by atoms with Gasteiger partial charge in [-0.3, -0.25) is 24.6 Å². The van der Waals surface area contributed by atoms with Gasteiger partial charge in [0.1, 0.15) is 18.2 Å². The van der Waals surface area contributed by atoms with E-state index >= 15 is 0 Å². The molecule has 0 aliphatic carbocycles. The minimum Gasteiger partial charge on any atom is -0.382 e. The van der Waals surface area contributed by atoms with Crippen LogP contribution >= 0.6 is 12.4 Å². The van der Waals surface area contributed by atoms with Crippen LogP contribution in [-0.4, -0.2) is 71.0 Å². The van der Waals surface area contributed by atoms with Gasteiger partial charge in [-0.15, -0.1) is 12.4 Å². The molecule has 0 aromatic heterocycles. The largest absolute Gasteiger partial charge is 0.382 e. The molecule has 44 heavy (non-hydrogen) atoms. The molecule has 1 aliphatic heterocycles. The van der Waals surface area contributed by atoms with E-state index in [-0.39, 0.29) is 42.6 Å². The second-order valence-corrected chi connectivity index (χ2v) is 11.5. The molecule has 3 rings (SSSR count). The molecular weight excluding hydrogens is 584 g/mol. The highest BCUT2D eigenvalue weighted by Crippen LogP contribution is 2.21. The van der Waals surface area contributed by atoms with Gasteiger partial charge in [-0.25, -0.2) is 5.43 Å². The SMILES string of the molecule is CCCNNC(=O)c1ccc(CNC(=O)[C@H]2CCCN2C(=O)[C@H](CC(C)C)NC(=O)[C@@H](O)[C@H](N)Cc2ccccc2)cc1.Cl. The molecule has 0 unspecified atom stereocenters. The summed E-state index contributed by atoms with van der Waals surface area (Å²) in [5, 5.41) is 16.3. The number of hydrogen-bond donors (Lipinski definition) is 6. The van der Waals surface area contributed by atoms with E-state index < -0.39 is 30.1 Å². The number of amides is 4. The number of carbonyl (C=O) groups excluding carboxylic acids is 4. The Balaban J connectivity index is 0.00000675. The van der Waals surface area contributed by atoms with Gasteiger partial charge in [-0.2, -0.15) is 0 Å². The standard InChI is InChI=1S/C32H46N6O5.ClH/c1-4-16-35-37-29(40)24-14-12-23(13-15-24)20-34-30(41)27-11-8-17-38(27)32(43)26(18-21(2)3)36-31(42)28(39)25(33)19-22-9-6-5-7-10-22;/h5-7,9-10,12-15,21,25-28,35,39H,4,8,11,16-20,33H2,1-3H3,(H,34,41)(H,36,42)(H,37,40);1H/t25-,26+,27-,28+;/m1./s1. The van der Waals surface area contributed by atoms with Crippen molar-refractivity contribution < 1.29 is 24.3 Å². The fourth-order valence-electron chi connectivity index (χ4n) is 5.07. The van der Waals surface area contributed by atoms with Crippen LogP contribution < -0.4 is 27.2 Å². The van der Waals surface area contributed by atoms with E-state index in [1.54, 1.807) is 24.3 Å². The average molecular weight is 631 g/mol. The molecule has 1 saturated heterocycles. The molecule has 12 heteroatoms. The molecule has 1 fully saturated rings. The first-order valence-corrected chi connectivity index (χ1v) is 15.1. The van der Waals surface area contributed by atoms with Crippen LogP contribution in [0.4, 0.5) is 0 Å². The number of halogens is 1. The maximum Gasteiger partial charge on any atom is 0.265 e. The average Bonchev–Trinajstić information content (AvgIpc) is 3.49. The lowest BCUT2D eigenvalue weighted by Crippen LogP contribution is -2.57. The highest BCUT2D eigenvalue weighted by molar-refractivity contribution is 5.94. The fourth-order valence-corrected chi connectivity index (χ4v) is 5.07. The number of carbonyl (C=O) groups is 4. The second kappa shape index (κ2) is 18.3. The lowest BCUT2D eigenvalue weighted by molar-refractivity contribution is -0.143. The van der Waals surface area contributed by atoms with Crippen molar-refractivity contribution in [1.82, 2.24) is 26.4 Å². The van der Waals surface area contributed by atoms with E-state index in [4.69, 9.17) is 5.73 Å². The topological polar surface area (TPSA) is 166 Å². The van der Waals surface area contributed by atoms with Gasteiger partial charge in [-0.1, -0.05) is 63.2 Å². The molecule has 0 bridgehead atoms. The Bertz CT molecular complexity index is 1210. The maximum atomic E-state index is 13.7. The smallest absolute Gasteiger partial charge is 0.265 e. The molecule has 1 heterocycles. The normalized spacial score (nSPS) is 16.4. The Morgan fingerprint density at radius 3 is 2.34 bits per heavy atom. The molecule has 4 atom stereocenters. The zero-order chi connectivity index (χ0) is 31.4. The van der Waals surface area contributed by atoms with Crippen LogP contribution in [0.25, 0.3) is 0 Å². The molecular formula is C32H47ClN6O5. The summed E-state index contributed by atoms with van der Waals surface area (Å²) in [5.74, 6) is -1.50. The van der Waals surface area contributed by atoms with Crippen molar-refractivity contribution in [2.45, 2.75) is 83.6 Å². The summed E-state index contributed by atoms with van der Waals surface area (Å²) < 4.78 is 0. The Labute approximate surface area is 266 Å². The van der Waals surface area contributed by atoms with Crippen molar-refractivity contribution >= 4 is 36.0 Å². The predicted molar refractivity (Wildman–Crippen MR) is 172 cm³/mol. The third-order valence-corrected chi connectivity index (χ3v) is 7.41. The second-order valence-electron chi connectivity index (χ2n) is 11.5. The van der Waals surface area contributed by atoms with Gasteiger partial charge in [0, 0.05) is 31.2 Å². The highest BCUT2D eigenvalue weighted by Gasteiger charge is 2.38. The van der Waals surface area contributed by atoms with Crippen molar-refractivity contribution in [3.05, 3.63) is 71.3 Å². The van der Waals surface area contributed by atoms with Gasteiger partial charge in [0.2, 0.25) is 11.8 Å². The molecule has 0 saturated carbocycles. The first kappa shape index (κ1) is 36.7. The molecule has 1 aliphatic rings. The zero-order valence-corrected chi connectivity index (χ0v) is 26.6. The van der Waals surface area contributed by atoms with E-state index in [2.05, 4.69) is 21.5 Å². The molecule has 4 amide bonds. The first-order chi connectivity index (χ1) is 20.6. The van der Waals surface area contributed by atoms with Crippen molar-refractivity contribution in [3.8, 4) is 0 Å². The summed E-state index contributed by atoms with van der Waals surface area (Å²) in [6.07, 6.45) is 1.22. The van der Waals surface area contributed by atoms with E-state index in [0.29, 0.717) is 44.3 Å². The van der Waals surface area contributed by atoms with Crippen LogP contribution in [0.5, 0.6) is 0 Å². The van der Waals surface area contributed by atoms with Crippen LogP contribution in [0, 0.1) is 5.92 Å². The third kappa shape index (κ3) is 10.9. The minimum atomic E-state index is -1.49. The van der Waals surface area contributed by atoms with Crippen molar-refractivity contribution in [2.24, 2.45) is 11.7 Å². The maximum absolute atomic E-state index is 13.7. The van der Waals surface area contributed by atoms with Crippen LogP contribution in [0.1, 0.15) is 67.9 Å². The lowest BCUT2D eigenvalue weighted by atomic mass is 9.99. The number of likely N-dealkylation sites (tertiary alicyclic amines) is 1. The van der Waals surface area contributed by atoms with E-state index in [1.807, 2.05) is 51.1 Å². The van der Waals surface area contributed by atoms with Gasteiger partial charge in [0.15, 0.2) is 0 Å². The molecule has 2 aromatic rings. The third-order valence-electron chi connectivity index (χ3n) is 7.41. The van der Waals surface area contributed by atoms with Crippen molar-refractivity contribution in [2.75, 3.05) is 13.1 Å². The van der Waals surface area contributed by atoms with Gasteiger partial charge >= 0.3 is 0 Å². The fraction of sp³-hybridized carbons (Fsp3) is 0.500. The summed E-state index contributed by atoms with van der Waals surface area (Å²) in [6, 6.07) is 13.8. The highest BCUT2D eigenvalue weighted by atomic mass is 35.5. The lowest BCUT2D eigenvalue weighted by Gasteiger charge is -2.30. The monoisotopic (exact) mass is 630 g/mol. The Morgan fingerprint density at radius 2 is 1.70 bits per heavy atom. The zero-order valence-electron chi connectivity index (χ0n) is 25.8. The number of aliphatic hydroxyl groups is 1. The molecule has 0 radical (unpaired) electrons. The van der Waals surface area contributed by atoms with Crippen LogP contribution in [0.15, 0.2) is 54.6 Å². The first-order valence-electron chi connectivity index (χ1n) is 15.1. The molecule has 11 nitrogen and oxygen atoms in total. The van der Waals surface area contributed by atoms with Gasteiger partial charge in [0.25, 0.3) is 11.8 Å². The number of hydrogen-bond acceptors (Lipinski definition) is 7. The number of aliphatic hydroxyl groups excluding tert-OH is 1. The molecule has 2 aromatic carbocycles. The number of nitrogens with zero attached hydrogens (tertiary/aromatic N) is 1. The number of nitrogens with two attached hydrogens (primary N) is 1. The summed E-state index contributed by atoms with van der Waals surface area (Å²) in [6.45, 7) is 7.19. The molecule has 242 valence electrons. The number of nitrogens with one attached hydrogen (secondary N) is 4. The van der Waals surface area contributed by atoms with Crippen molar-refractivity contribution in [1.29, 1.82) is 0 Å². The van der Waals surface area contributed by atoms with Crippen LogP contribution in [-0.2, 0) is 27.3 Å². The Hall–Kier alpha value is -3.51. The predicted octanol–water partition coefficient (Wildman–Crippen LogP) is 1.82. The Kier molecular flexibility index (Phi) is 15.3. The minimum absolute atomic E-state index is 0. The van der Waals surface area contributed by atoms with E-state index in [9.17, 15) is 24.3 Å². The van der Waals surface area contributed by atoms with Crippen molar-refractivity contribution in [3.63, 3.8) is 0 Å². The molecule has 7 N–H and O–H groups in total. The summed E-state index contributed by atoms with van der Waals surface area (Å²) in [4.78, 5) is 53.5. The number of rotatable bonds is 15. The quantitative estimate of drug-likeness (QED) is 0.129. The summed E-state index contributed by atoms with van der Waals surface area (Å²) in [5.41, 5.74) is 13.8. The van der Waals surface area contributed by atoms with Crippen LogP contribution in [0.2, 0.25) is 0 Å². The van der Waals surface area contributed by atoms with E-state index in [0.717, 1.165) is 17.5 Å². The Morgan fingerprint density at radius 1 is 1.02 bits per heavy atom. The van der Waals surface area contributed by atoms with Gasteiger partial charge in [0.05, 0.1) is 0 Å². The number of benzene rings is 2. The van der Waals surface area contributed by atoms with E-state index in [1.165, 1.54) is 4.90 Å². The summed E-state index contributed by atoms with van der Waals surface area (Å²) in [7, 11) is 0. The summed E-state index contributed by atoms with van der Waals surface area (Å²) >= 11 is 0. The number of hydrazine groups is 1. The van der Waals surface area contributed by atoms with Crippen LogP contribution in [0.3, 0.4) is 0 Å². The van der Waals surface area contributed by atoms with Gasteiger partial charge < -0.3 is 26.4 Å². The molecule has 0 spiro atoms.